The summed E-state index contributed by atoms with van der Waals surface area (Å²) < 4.78 is 0. The van der Waals surface area contributed by atoms with Gasteiger partial charge >= 0.3 is 0 Å². The van der Waals surface area contributed by atoms with Crippen LogP contribution in [0.1, 0.15) is 31.2 Å². The fraction of sp³-hybridized carbons (Fsp3) is 0.471. The molecule has 0 aliphatic carbocycles. The number of nitrogens with one attached hydrogen (secondary N) is 1. The first-order valence-corrected chi connectivity index (χ1v) is 8.26. The van der Waals surface area contributed by atoms with Gasteiger partial charge in [0.1, 0.15) is 5.82 Å². The van der Waals surface area contributed by atoms with Crippen LogP contribution in [0, 0.1) is 5.92 Å². The summed E-state index contributed by atoms with van der Waals surface area (Å²) in [7, 11) is 0. The summed E-state index contributed by atoms with van der Waals surface area (Å²) >= 11 is 0. The third kappa shape index (κ3) is 4.47. The molecule has 1 fully saturated rings. The second kappa shape index (κ2) is 7.81. The maximum atomic E-state index is 10.9. The highest BCUT2D eigenvalue weighted by molar-refractivity contribution is 5.72. The zero-order valence-electron chi connectivity index (χ0n) is 13.9. The van der Waals surface area contributed by atoms with E-state index in [1.165, 1.54) is 6.92 Å². The highest BCUT2D eigenvalue weighted by Crippen LogP contribution is 2.23. The van der Waals surface area contributed by atoms with Crippen molar-refractivity contribution < 1.29 is 4.79 Å². The van der Waals surface area contributed by atoms with Gasteiger partial charge in [-0.05, 0) is 25.2 Å². The van der Waals surface area contributed by atoms with Crippen molar-refractivity contribution in [2.75, 3.05) is 18.0 Å². The van der Waals surface area contributed by atoms with Crippen LogP contribution in [0.15, 0.2) is 31.0 Å². The van der Waals surface area contributed by atoms with Gasteiger partial charge in [0.15, 0.2) is 0 Å². The third-order valence-electron chi connectivity index (χ3n) is 4.26. The second-order valence-corrected chi connectivity index (χ2v) is 6.11. The maximum absolute atomic E-state index is 10.9. The Bertz CT molecular complexity index is 653. The van der Waals surface area contributed by atoms with E-state index in [2.05, 4.69) is 30.2 Å². The SMILES string of the molecule is CC(=O)NCc1cnc(CC2CCN(c3cnccn3)CC2)cn1. The minimum absolute atomic E-state index is 0.0595. The molecule has 0 spiro atoms. The van der Waals surface area contributed by atoms with Crippen LogP contribution in [0.2, 0.25) is 0 Å². The molecular weight excluding hydrogens is 304 g/mol. The number of amides is 1. The second-order valence-electron chi connectivity index (χ2n) is 6.11. The van der Waals surface area contributed by atoms with Gasteiger partial charge < -0.3 is 10.2 Å². The van der Waals surface area contributed by atoms with Crippen molar-refractivity contribution in [3.63, 3.8) is 0 Å². The van der Waals surface area contributed by atoms with Crippen LogP contribution < -0.4 is 10.2 Å². The molecule has 24 heavy (non-hydrogen) atoms. The largest absolute Gasteiger partial charge is 0.355 e. The van der Waals surface area contributed by atoms with Crippen molar-refractivity contribution in [1.82, 2.24) is 25.3 Å². The molecule has 0 unspecified atom stereocenters. The Labute approximate surface area is 141 Å². The fourth-order valence-corrected chi connectivity index (χ4v) is 2.91. The van der Waals surface area contributed by atoms with Gasteiger partial charge in [0.2, 0.25) is 5.91 Å². The van der Waals surface area contributed by atoms with E-state index in [9.17, 15) is 4.79 Å². The molecule has 1 amide bonds. The maximum Gasteiger partial charge on any atom is 0.217 e. The molecular formula is C17H22N6O. The molecule has 0 atom stereocenters. The normalized spacial score (nSPS) is 15.3. The summed E-state index contributed by atoms with van der Waals surface area (Å²) in [6.07, 6.45) is 12.0. The van der Waals surface area contributed by atoms with Gasteiger partial charge in [0, 0.05) is 38.6 Å². The number of aromatic nitrogens is 4. The smallest absolute Gasteiger partial charge is 0.217 e. The molecule has 0 saturated carbocycles. The van der Waals surface area contributed by atoms with Gasteiger partial charge in [-0.15, -0.1) is 0 Å². The Morgan fingerprint density at radius 3 is 2.50 bits per heavy atom. The Morgan fingerprint density at radius 2 is 1.88 bits per heavy atom. The summed E-state index contributed by atoms with van der Waals surface area (Å²) in [5.41, 5.74) is 1.80. The number of carbonyl (C=O) groups is 1. The van der Waals surface area contributed by atoms with E-state index in [0.29, 0.717) is 12.5 Å². The van der Waals surface area contributed by atoms with Crippen LogP contribution in [-0.4, -0.2) is 38.9 Å². The zero-order chi connectivity index (χ0) is 16.8. The lowest BCUT2D eigenvalue weighted by Gasteiger charge is -2.32. The Kier molecular flexibility index (Phi) is 5.30. The first-order chi connectivity index (χ1) is 11.7. The zero-order valence-corrected chi connectivity index (χ0v) is 13.9. The van der Waals surface area contributed by atoms with Gasteiger partial charge in [0.25, 0.3) is 0 Å². The molecule has 1 aliphatic rings. The quantitative estimate of drug-likeness (QED) is 0.893. The number of hydrogen-bond donors (Lipinski definition) is 1. The molecule has 1 saturated heterocycles. The topological polar surface area (TPSA) is 83.9 Å². The summed E-state index contributed by atoms with van der Waals surface area (Å²) in [5.74, 6) is 1.52. The van der Waals surface area contributed by atoms with Crippen molar-refractivity contribution in [2.24, 2.45) is 5.92 Å². The average molecular weight is 326 g/mol. The molecule has 1 aliphatic heterocycles. The van der Waals surface area contributed by atoms with Crippen molar-refractivity contribution in [2.45, 2.75) is 32.7 Å². The van der Waals surface area contributed by atoms with Crippen LogP contribution in [0.3, 0.4) is 0 Å². The Hall–Kier alpha value is -2.57. The molecule has 0 radical (unpaired) electrons. The van der Waals surface area contributed by atoms with Gasteiger partial charge in [-0.3, -0.25) is 19.7 Å². The molecule has 7 heteroatoms. The number of anilines is 1. The van der Waals surface area contributed by atoms with Crippen LogP contribution in [-0.2, 0) is 17.8 Å². The van der Waals surface area contributed by atoms with Crippen LogP contribution in [0.4, 0.5) is 5.82 Å². The fourth-order valence-electron chi connectivity index (χ4n) is 2.91. The number of carbonyl (C=O) groups excluding carboxylic acids is 1. The van der Waals surface area contributed by atoms with Crippen LogP contribution in [0.5, 0.6) is 0 Å². The van der Waals surface area contributed by atoms with Gasteiger partial charge in [-0.1, -0.05) is 0 Å². The summed E-state index contributed by atoms with van der Waals surface area (Å²) in [5, 5.41) is 2.73. The van der Waals surface area contributed by atoms with Crippen LogP contribution >= 0.6 is 0 Å². The first-order valence-electron chi connectivity index (χ1n) is 8.26. The lowest BCUT2D eigenvalue weighted by molar-refractivity contribution is -0.119. The van der Waals surface area contributed by atoms with E-state index in [0.717, 1.165) is 49.6 Å². The highest BCUT2D eigenvalue weighted by atomic mass is 16.1. The van der Waals surface area contributed by atoms with E-state index < -0.39 is 0 Å². The number of rotatable bonds is 5. The lowest BCUT2D eigenvalue weighted by Crippen LogP contribution is -2.35. The summed E-state index contributed by atoms with van der Waals surface area (Å²) in [6, 6.07) is 0. The van der Waals surface area contributed by atoms with Gasteiger partial charge in [0.05, 0.1) is 30.3 Å². The minimum atomic E-state index is -0.0595. The Balaban J connectivity index is 1.48. The van der Waals surface area contributed by atoms with Crippen molar-refractivity contribution in [3.05, 3.63) is 42.4 Å². The standard InChI is InChI=1S/C17H22N6O/c1-13(24)20-10-16-11-21-15(9-22-16)8-14-2-6-23(7-3-14)17-12-18-4-5-19-17/h4-5,9,11-12,14H,2-3,6-8,10H2,1H3,(H,20,24). The summed E-state index contributed by atoms with van der Waals surface area (Å²) in [6.45, 7) is 3.92. The molecule has 2 aromatic rings. The summed E-state index contributed by atoms with van der Waals surface area (Å²) in [4.78, 5) is 30.5. The van der Waals surface area contributed by atoms with Crippen molar-refractivity contribution in [1.29, 1.82) is 0 Å². The lowest BCUT2D eigenvalue weighted by atomic mass is 9.92. The number of nitrogens with zero attached hydrogens (tertiary/aromatic N) is 5. The Morgan fingerprint density at radius 1 is 1.12 bits per heavy atom. The highest BCUT2D eigenvalue weighted by Gasteiger charge is 2.21. The third-order valence-corrected chi connectivity index (χ3v) is 4.26. The van der Waals surface area contributed by atoms with E-state index in [-0.39, 0.29) is 5.91 Å². The molecule has 3 rings (SSSR count). The first kappa shape index (κ1) is 16.3. The van der Waals surface area contributed by atoms with E-state index >= 15 is 0 Å². The molecule has 2 aromatic heterocycles. The van der Waals surface area contributed by atoms with E-state index in [4.69, 9.17) is 0 Å². The van der Waals surface area contributed by atoms with Gasteiger partial charge in [-0.25, -0.2) is 4.98 Å². The molecule has 3 heterocycles. The van der Waals surface area contributed by atoms with E-state index in [1.807, 2.05) is 12.4 Å². The number of piperidine rings is 1. The number of hydrogen-bond acceptors (Lipinski definition) is 6. The minimum Gasteiger partial charge on any atom is -0.355 e. The monoisotopic (exact) mass is 326 g/mol. The average Bonchev–Trinajstić information content (AvgIpc) is 2.62. The van der Waals surface area contributed by atoms with Crippen molar-refractivity contribution in [3.8, 4) is 0 Å². The van der Waals surface area contributed by atoms with Gasteiger partial charge in [-0.2, -0.15) is 0 Å². The van der Waals surface area contributed by atoms with E-state index in [1.54, 1.807) is 18.6 Å². The van der Waals surface area contributed by atoms with Crippen LogP contribution in [0.25, 0.3) is 0 Å². The predicted molar refractivity (Wildman–Crippen MR) is 90.2 cm³/mol. The van der Waals surface area contributed by atoms with Crippen molar-refractivity contribution >= 4 is 11.7 Å². The molecule has 1 N–H and O–H groups in total. The molecule has 0 aromatic carbocycles. The molecule has 0 bridgehead atoms. The molecule has 126 valence electrons. The predicted octanol–water partition coefficient (Wildman–Crippen LogP) is 1.36. The molecule has 7 nitrogen and oxygen atoms in total.